The van der Waals surface area contributed by atoms with Crippen molar-refractivity contribution in [2.45, 2.75) is 45.8 Å². The molecular formula is C22H27NO4. The van der Waals surface area contributed by atoms with Gasteiger partial charge in [-0.3, -0.25) is 4.79 Å². The van der Waals surface area contributed by atoms with Crippen LogP contribution < -0.4 is 14.8 Å². The van der Waals surface area contributed by atoms with E-state index in [9.17, 15) is 4.79 Å². The van der Waals surface area contributed by atoms with E-state index < -0.39 is 6.10 Å². The molecule has 0 unspecified atom stereocenters. The van der Waals surface area contributed by atoms with Gasteiger partial charge < -0.3 is 19.5 Å². The lowest BCUT2D eigenvalue weighted by molar-refractivity contribution is -0.122. The predicted molar refractivity (Wildman–Crippen MR) is 106 cm³/mol. The Kier molecular flexibility index (Phi) is 6.35. The van der Waals surface area contributed by atoms with Crippen molar-refractivity contribution in [3.63, 3.8) is 0 Å². The molecule has 27 heavy (non-hydrogen) atoms. The number of hydrogen-bond donors (Lipinski definition) is 1. The van der Waals surface area contributed by atoms with Gasteiger partial charge >= 0.3 is 0 Å². The van der Waals surface area contributed by atoms with Crippen molar-refractivity contribution < 1.29 is 19.0 Å². The molecule has 1 saturated heterocycles. The summed E-state index contributed by atoms with van der Waals surface area (Å²) in [5.41, 5.74) is 2.74. The standard InChI is InChI=1S/C22H27NO4/c1-15-6-4-7-16(2)21(15)27-17(3)22(24)23-18-9-11-19(12-10-18)26-14-20-8-5-13-25-20/h4,6-7,9-12,17,20H,5,8,13-14H2,1-3H3,(H,23,24)/t17-,20-/m0/s1. The van der Waals surface area contributed by atoms with Gasteiger partial charge in [-0.2, -0.15) is 0 Å². The molecule has 5 heteroatoms. The first-order chi connectivity index (χ1) is 13.0. The molecule has 2 aromatic rings. The van der Waals surface area contributed by atoms with Gasteiger partial charge in [0.1, 0.15) is 18.1 Å². The molecule has 1 amide bonds. The van der Waals surface area contributed by atoms with Gasteiger partial charge in [-0.1, -0.05) is 18.2 Å². The molecule has 1 heterocycles. The second-order valence-corrected chi connectivity index (χ2v) is 6.94. The molecule has 1 N–H and O–H groups in total. The molecule has 144 valence electrons. The highest BCUT2D eigenvalue weighted by Crippen LogP contribution is 2.24. The minimum Gasteiger partial charge on any atom is -0.491 e. The van der Waals surface area contributed by atoms with E-state index in [2.05, 4.69) is 5.32 Å². The number of hydrogen-bond acceptors (Lipinski definition) is 4. The fourth-order valence-corrected chi connectivity index (χ4v) is 3.06. The lowest BCUT2D eigenvalue weighted by Crippen LogP contribution is -2.30. The van der Waals surface area contributed by atoms with Gasteiger partial charge in [0.15, 0.2) is 6.10 Å². The number of benzene rings is 2. The van der Waals surface area contributed by atoms with Crippen LogP contribution in [0.25, 0.3) is 0 Å². The maximum atomic E-state index is 12.4. The molecule has 5 nitrogen and oxygen atoms in total. The van der Waals surface area contributed by atoms with E-state index in [4.69, 9.17) is 14.2 Å². The lowest BCUT2D eigenvalue weighted by Gasteiger charge is -2.18. The highest BCUT2D eigenvalue weighted by atomic mass is 16.5. The van der Waals surface area contributed by atoms with Crippen molar-refractivity contribution in [3.05, 3.63) is 53.6 Å². The molecule has 0 radical (unpaired) electrons. The SMILES string of the molecule is Cc1cccc(C)c1O[C@@H](C)C(=O)Nc1ccc(OC[C@@H]2CCCO2)cc1. The van der Waals surface area contributed by atoms with Crippen LogP contribution in [0.3, 0.4) is 0 Å². The van der Waals surface area contributed by atoms with Crippen molar-refractivity contribution in [1.29, 1.82) is 0 Å². The summed E-state index contributed by atoms with van der Waals surface area (Å²) in [5, 5.41) is 2.88. The van der Waals surface area contributed by atoms with Crippen molar-refractivity contribution in [2.24, 2.45) is 0 Å². The molecule has 0 saturated carbocycles. The van der Waals surface area contributed by atoms with Gasteiger partial charge in [0, 0.05) is 12.3 Å². The summed E-state index contributed by atoms with van der Waals surface area (Å²) in [4.78, 5) is 12.4. The number of carbonyl (C=O) groups is 1. The van der Waals surface area contributed by atoms with E-state index in [0.29, 0.717) is 12.3 Å². The van der Waals surface area contributed by atoms with E-state index >= 15 is 0 Å². The highest BCUT2D eigenvalue weighted by molar-refractivity contribution is 5.94. The van der Waals surface area contributed by atoms with Gasteiger partial charge in [-0.15, -0.1) is 0 Å². The quantitative estimate of drug-likeness (QED) is 0.792. The van der Waals surface area contributed by atoms with Crippen molar-refractivity contribution in [2.75, 3.05) is 18.5 Å². The van der Waals surface area contributed by atoms with Crippen LogP contribution in [0.1, 0.15) is 30.9 Å². The number of carbonyl (C=O) groups excluding carboxylic acids is 1. The summed E-state index contributed by atoms with van der Waals surface area (Å²) in [5.74, 6) is 1.34. The number of ether oxygens (including phenoxy) is 3. The van der Waals surface area contributed by atoms with Crippen molar-refractivity contribution >= 4 is 11.6 Å². The summed E-state index contributed by atoms with van der Waals surface area (Å²) >= 11 is 0. The van der Waals surface area contributed by atoms with Gasteiger partial charge in [-0.25, -0.2) is 0 Å². The number of amides is 1. The molecule has 1 aliphatic rings. The Hall–Kier alpha value is -2.53. The average Bonchev–Trinajstić information content (AvgIpc) is 3.17. The number of aryl methyl sites for hydroxylation is 2. The molecule has 1 aliphatic heterocycles. The summed E-state index contributed by atoms with van der Waals surface area (Å²) in [6.45, 7) is 7.08. The van der Waals surface area contributed by atoms with E-state index in [0.717, 1.165) is 42.1 Å². The zero-order valence-corrected chi connectivity index (χ0v) is 16.2. The Labute approximate surface area is 160 Å². The van der Waals surface area contributed by atoms with Crippen molar-refractivity contribution in [3.8, 4) is 11.5 Å². The Morgan fingerprint density at radius 1 is 1.19 bits per heavy atom. The first kappa shape index (κ1) is 19.2. The second-order valence-electron chi connectivity index (χ2n) is 6.94. The van der Waals surface area contributed by atoms with Crippen LogP contribution in [0.2, 0.25) is 0 Å². The fraction of sp³-hybridized carbons (Fsp3) is 0.409. The van der Waals surface area contributed by atoms with E-state index in [1.807, 2.05) is 56.3 Å². The van der Waals surface area contributed by atoms with E-state index in [-0.39, 0.29) is 12.0 Å². The second kappa shape index (κ2) is 8.91. The number of rotatable bonds is 7. The van der Waals surface area contributed by atoms with Crippen LogP contribution in [0.4, 0.5) is 5.69 Å². The van der Waals surface area contributed by atoms with Crippen LogP contribution in [0, 0.1) is 13.8 Å². The van der Waals surface area contributed by atoms with Gasteiger partial charge in [0.2, 0.25) is 0 Å². The minimum absolute atomic E-state index is 0.187. The first-order valence-electron chi connectivity index (χ1n) is 9.41. The number of anilines is 1. The molecule has 2 atom stereocenters. The number of para-hydroxylation sites is 1. The topological polar surface area (TPSA) is 56.8 Å². The van der Waals surface area contributed by atoms with Crippen LogP contribution in [-0.4, -0.2) is 31.3 Å². The van der Waals surface area contributed by atoms with Crippen LogP contribution in [0.5, 0.6) is 11.5 Å². The predicted octanol–water partition coefficient (Wildman–Crippen LogP) is 4.27. The molecule has 2 aromatic carbocycles. The molecular weight excluding hydrogens is 342 g/mol. The summed E-state index contributed by atoms with van der Waals surface area (Å²) in [7, 11) is 0. The summed E-state index contributed by atoms with van der Waals surface area (Å²) < 4.78 is 17.2. The minimum atomic E-state index is -0.597. The van der Waals surface area contributed by atoms with E-state index in [1.165, 1.54) is 0 Å². The third kappa shape index (κ3) is 5.23. The number of nitrogens with one attached hydrogen (secondary N) is 1. The van der Waals surface area contributed by atoms with Crippen LogP contribution in [0.15, 0.2) is 42.5 Å². The average molecular weight is 369 g/mol. The van der Waals surface area contributed by atoms with Crippen LogP contribution in [-0.2, 0) is 9.53 Å². The zero-order valence-electron chi connectivity index (χ0n) is 16.2. The fourth-order valence-electron chi connectivity index (χ4n) is 3.06. The van der Waals surface area contributed by atoms with E-state index in [1.54, 1.807) is 6.92 Å². The highest BCUT2D eigenvalue weighted by Gasteiger charge is 2.18. The largest absolute Gasteiger partial charge is 0.491 e. The Morgan fingerprint density at radius 2 is 1.89 bits per heavy atom. The third-order valence-electron chi connectivity index (χ3n) is 4.65. The lowest BCUT2D eigenvalue weighted by atomic mass is 10.1. The Morgan fingerprint density at radius 3 is 2.52 bits per heavy atom. The molecule has 1 fully saturated rings. The smallest absolute Gasteiger partial charge is 0.265 e. The molecule has 0 aliphatic carbocycles. The zero-order chi connectivity index (χ0) is 19.2. The van der Waals surface area contributed by atoms with Gasteiger partial charge in [-0.05, 0) is 69.0 Å². The van der Waals surface area contributed by atoms with Crippen LogP contribution >= 0.6 is 0 Å². The Bertz CT molecular complexity index is 746. The monoisotopic (exact) mass is 369 g/mol. The van der Waals surface area contributed by atoms with Crippen molar-refractivity contribution in [1.82, 2.24) is 0 Å². The Balaban J connectivity index is 1.52. The molecule has 0 bridgehead atoms. The van der Waals surface area contributed by atoms with Gasteiger partial charge in [0.05, 0.1) is 6.10 Å². The molecule has 0 spiro atoms. The first-order valence-corrected chi connectivity index (χ1v) is 9.41. The molecule has 3 rings (SSSR count). The third-order valence-corrected chi connectivity index (χ3v) is 4.65. The maximum absolute atomic E-state index is 12.4. The van der Waals surface area contributed by atoms with Gasteiger partial charge in [0.25, 0.3) is 5.91 Å². The normalized spacial score (nSPS) is 17.4. The summed E-state index contributed by atoms with van der Waals surface area (Å²) in [6.07, 6.45) is 1.74. The maximum Gasteiger partial charge on any atom is 0.265 e. The summed E-state index contributed by atoms with van der Waals surface area (Å²) in [6, 6.07) is 13.3. The molecule has 0 aromatic heterocycles.